The van der Waals surface area contributed by atoms with E-state index in [4.69, 9.17) is 0 Å². The van der Waals surface area contributed by atoms with Crippen molar-refractivity contribution < 1.29 is 0 Å². The molecule has 0 N–H and O–H groups in total. The van der Waals surface area contributed by atoms with E-state index >= 15 is 0 Å². The molecule has 1 aromatic rings. The van der Waals surface area contributed by atoms with E-state index in [-0.39, 0.29) is 0 Å². The fourth-order valence-electron chi connectivity index (χ4n) is 1.60. The Balaban J connectivity index is 3.12. The van der Waals surface area contributed by atoms with Gasteiger partial charge >= 0.3 is 0 Å². The number of hydrogen-bond donors (Lipinski definition) is 0. The van der Waals surface area contributed by atoms with Gasteiger partial charge in [-0.05, 0) is 19.8 Å². The maximum absolute atomic E-state index is 4.31. The molecule has 86 valence electrons. The number of nitrogens with zero attached hydrogens (tertiary/aromatic N) is 3. The number of alkyl halides is 1. The fraction of sp³-hybridized carbons (Fsp3) is 0.818. The molecule has 0 amide bonds. The molecule has 1 rings (SSSR count). The summed E-state index contributed by atoms with van der Waals surface area (Å²) >= 11 is 3.45. The normalized spacial score (nSPS) is 13.9. The lowest BCUT2D eigenvalue weighted by Crippen LogP contribution is -2.14. The van der Waals surface area contributed by atoms with Crippen LogP contribution in [-0.4, -0.2) is 14.8 Å². The molecule has 0 saturated heterocycles. The Morgan fingerprint density at radius 3 is 2.13 bits per heavy atom. The minimum atomic E-state index is 0.420. The first-order valence-electron chi connectivity index (χ1n) is 5.48. The highest BCUT2D eigenvalue weighted by Crippen LogP contribution is 2.25. The van der Waals surface area contributed by atoms with Gasteiger partial charge in [0.2, 0.25) is 0 Å². The Labute approximate surface area is 100 Å². The third-order valence-electron chi connectivity index (χ3n) is 2.84. The lowest BCUT2D eigenvalue weighted by atomic mass is 9.97. The van der Waals surface area contributed by atoms with Crippen molar-refractivity contribution in [1.29, 1.82) is 0 Å². The summed E-state index contributed by atoms with van der Waals surface area (Å²) < 4.78 is 2.24. The Morgan fingerprint density at radius 1 is 1.13 bits per heavy atom. The maximum atomic E-state index is 4.31. The van der Waals surface area contributed by atoms with E-state index in [9.17, 15) is 0 Å². The molecular formula is C11H20BrN3. The molecule has 0 spiro atoms. The summed E-state index contributed by atoms with van der Waals surface area (Å²) in [4.78, 5) is 0. The number of aromatic nitrogens is 3. The SMILES string of the molecule is CC(C)C(C)c1nnc(CBr)n1C(C)C. The van der Waals surface area contributed by atoms with Crippen LogP contribution in [0.1, 0.15) is 58.2 Å². The Bertz CT molecular complexity index is 318. The van der Waals surface area contributed by atoms with Gasteiger partial charge in [0.1, 0.15) is 11.6 Å². The summed E-state index contributed by atoms with van der Waals surface area (Å²) in [6.45, 7) is 11.0. The van der Waals surface area contributed by atoms with Gasteiger partial charge in [-0.2, -0.15) is 0 Å². The molecule has 1 heterocycles. The second-order valence-electron chi connectivity index (χ2n) is 4.60. The zero-order valence-electron chi connectivity index (χ0n) is 10.2. The Morgan fingerprint density at radius 2 is 1.73 bits per heavy atom. The van der Waals surface area contributed by atoms with Gasteiger partial charge in [-0.1, -0.05) is 36.7 Å². The van der Waals surface area contributed by atoms with Gasteiger partial charge in [-0.3, -0.25) is 0 Å². The van der Waals surface area contributed by atoms with E-state index in [1.165, 1.54) is 0 Å². The monoisotopic (exact) mass is 273 g/mol. The van der Waals surface area contributed by atoms with E-state index < -0.39 is 0 Å². The molecule has 0 aromatic carbocycles. The summed E-state index contributed by atoms with van der Waals surface area (Å²) in [5.41, 5.74) is 0. The zero-order chi connectivity index (χ0) is 11.6. The predicted octanol–water partition coefficient (Wildman–Crippen LogP) is 3.51. The van der Waals surface area contributed by atoms with Crippen LogP contribution in [0, 0.1) is 5.92 Å². The lowest BCUT2D eigenvalue weighted by Gasteiger charge is -2.19. The van der Waals surface area contributed by atoms with Crippen LogP contribution < -0.4 is 0 Å². The van der Waals surface area contributed by atoms with Crippen molar-refractivity contribution in [3.05, 3.63) is 11.6 Å². The van der Waals surface area contributed by atoms with Crippen molar-refractivity contribution in [2.45, 2.75) is 51.9 Å². The molecule has 15 heavy (non-hydrogen) atoms. The van der Waals surface area contributed by atoms with Crippen molar-refractivity contribution in [2.24, 2.45) is 5.92 Å². The number of rotatable bonds is 4. The highest BCUT2D eigenvalue weighted by atomic mass is 79.9. The second kappa shape index (κ2) is 5.10. The second-order valence-corrected chi connectivity index (χ2v) is 5.17. The van der Waals surface area contributed by atoms with Crippen LogP contribution >= 0.6 is 15.9 Å². The first kappa shape index (κ1) is 12.7. The van der Waals surface area contributed by atoms with E-state index in [0.717, 1.165) is 17.0 Å². The van der Waals surface area contributed by atoms with Crippen LogP contribution in [-0.2, 0) is 5.33 Å². The highest BCUT2D eigenvalue weighted by molar-refractivity contribution is 9.08. The van der Waals surface area contributed by atoms with Crippen LogP contribution in [0.5, 0.6) is 0 Å². The van der Waals surface area contributed by atoms with E-state index in [1.807, 2.05) is 0 Å². The van der Waals surface area contributed by atoms with Crippen molar-refractivity contribution in [3.63, 3.8) is 0 Å². The van der Waals surface area contributed by atoms with E-state index in [0.29, 0.717) is 17.9 Å². The summed E-state index contributed by atoms with van der Waals surface area (Å²) in [6.07, 6.45) is 0. The van der Waals surface area contributed by atoms with Crippen LogP contribution in [0.3, 0.4) is 0 Å². The van der Waals surface area contributed by atoms with Gasteiger partial charge in [0.25, 0.3) is 0 Å². The van der Waals surface area contributed by atoms with Gasteiger partial charge < -0.3 is 4.57 Å². The minimum absolute atomic E-state index is 0.420. The molecule has 1 atom stereocenters. The first-order chi connectivity index (χ1) is 6.99. The largest absolute Gasteiger partial charge is 0.311 e. The molecule has 0 fully saturated rings. The highest BCUT2D eigenvalue weighted by Gasteiger charge is 2.20. The molecule has 0 aliphatic carbocycles. The van der Waals surface area contributed by atoms with Crippen molar-refractivity contribution >= 4 is 15.9 Å². The van der Waals surface area contributed by atoms with Gasteiger partial charge in [0.05, 0.1) is 5.33 Å². The summed E-state index contributed by atoms with van der Waals surface area (Å²) in [7, 11) is 0. The smallest absolute Gasteiger partial charge is 0.143 e. The molecule has 0 saturated carbocycles. The topological polar surface area (TPSA) is 30.7 Å². The van der Waals surface area contributed by atoms with Gasteiger partial charge in [-0.25, -0.2) is 0 Å². The molecule has 1 aromatic heterocycles. The van der Waals surface area contributed by atoms with Gasteiger partial charge in [-0.15, -0.1) is 10.2 Å². The molecule has 0 aliphatic heterocycles. The number of halogens is 1. The lowest BCUT2D eigenvalue weighted by molar-refractivity contribution is 0.458. The molecule has 0 bridgehead atoms. The van der Waals surface area contributed by atoms with Crippen LogP contribution in [0.15, 0.2) is 0 Å². The average Bonchev–Trinajstić information content (AvgIpc) is 2.59. The maximum Gasteiger partial charge on any atom is 0.143 e. The fourth-order valence-corrected chi connectivity index (χ4v) is 1.98. The first-order valence-corrected chi connectivity index (χ1v) is 6.60. The molecule has 4 heteroatoms. The van der Waals surface area contributed by atoms with Crippen molar-refractivity contribution in [3.8, 4) is 0 Å². The molecule has 1 unspecified atom stereocenters. The summed E-state index contributed by atoms with van der Waals surface area (Å²) in [5.74, 6) is 3.17. The predicted molar refractivity (Wildman–Crippen MR) is 66.3 cm³/mol. The van der Waals surface area contributed by atoms with Crippen molar-refractivity contribution in [2.75, 3.05) is 0 Å². The molecule has 0 radical (unpaired) electrons. The molecular weight excluding hydrogens is 254 g/mol. The molecule has 0 aliphatic rings. The third-order valence-corrected chi connectivity index (χ3v) is 3.34. The van der Waals surface area contributed by atoms with Crippen LogP contribution in [0.25, 0.3) is 0 Å². The van der Waals surface area contributed by atoms with Gasteiger partial charge in [0, 0.05) is 12.0 Å². The zero-order valence-corrected chi connectivity index (χ0v) is 11.7. The standard InChI is InChI=1S/C11H20BrN3/c1-7(2)9(5)11-14-13-10(6-12)15(11)8(3)4/h7-9H,6H2,1-5H3. The van der Waals surface area contributed by atoms with Crippen LogP contribution in [0.2, 0.25) is 0 Å². The van der Waals surface area contributed by atoms with Crippen molar-refractivity contribution in [1.82, 2.24) is 14.8 Å². The van der Waals surface area contributed by atoms with E-state index in [2.05, 4.69) is 65.3 Å². The Hall–Kier alpha value is -0.380. The average molecular weight is 274 g/mol. The van der Waals surface area contributed by atoms with Crippen LogP contribution in [0.4, 0.5) is 0 Å². The molecule has 3 nitrogen and oxygen atoms in total. The minimum Gasteiger partial charge on any atom is -0.311 e. The third kappa shape index (κ3) is 2.60. The van der Waals surface area contributed by atoms with Gasteiger partial charge in [0.15, 0.2) is 0 Å². The van der Waals surface area contributed by atoms with E-state index in [1.54, 1.807) is 0 Å². The quantitative estimate of drug-likeness (QED) is 0.786. The summed E-state index contributed by atoms with van der Waals surface area (Å²) in [5, 5.41) is 9.30. The summed E-state index contributed by atoms with van der Waals surface area (Å²) in [6, 6.07) is 0.420. The number of hydrogen-bond acceptors (Lipinski definition) is 2. The Kier molecular flexibility index (Phi) is 4.32.